The molecule has 4 nitrogen and oxygen atoms in total. The lowest BCUT2D eigenvalue weighted by Crippen LogP contribution is -2.39. The molecule has 1 aromatic rings. The summed E-state index contributed by atoms with van der Waals surface area (Å²) >= 11 is 0. The molecular weight excluding hydrogens is 314 g/mol. The van der Waals surface area contributed by atoms with Gasteiger partial charge in [-0.15, -0.1) is 0 Å². The lowest BCUT2D eigenvalue weighted by atomic mass is 9.84. The van der Waals surface area contributed by atoms with Gasteiger partial charge in [0, 0.05) is 12.1 Å². The zero-order chi connectivity index (χ0) is 17.8. The third kappa shape index (κ3) is 4.17. The van der Waals surface area contributed by atoms with Crippen molar-refractivity contribution in [1.82, 2.24) is 5.32 Å². The summed E-state index contributed by atoms with van der Waals surface area (Å²) < 4.78 is 10.9. The number of ether oxygens (including phenoxy) is 2. The highest BCUT2D eigenvalue weighted by atomic mass is 16.5. The van der Waals surface area contributed by atoms with Crippen LogP contribution in [0.15, 0.2) is 24.3 Å². The normalized spacial score (nSPS) is 26.0. The smallest absolute Gasteiger partial charge is 0.244 e. The first kappa shape index (κ1) is 17.8. The van der Waals surface area contributed by atoms with Crippen LogP contribution in [-0.4, -0.2) is 25.7 Å². The van der Waals surface area contributed by atoms with Gasteiger partial charge in [-0.1, -0.05) is 12.5 Å². The van der Waals surface area contributed by atoms with E-state index >= 15 is 0 Å². The lowest BCUT2D eigenvalue weighted by Gasteiger charge is -2.28. The highest BCUT2D eigenvalue weighted by molar-refractivity contribution is 5.92. The van der Waals surface area contributed by atoms with Gasteiger partial charge >= 0.3 is 0 Å². The second-order valence-electron chi connectivity index (χ2n) is 7.31. The van der Waals surface area contributed by atoms with Crippen molar-refractivity contribution >= 4 is 12.0 Å². The Labute approximate surface area is 150 Å². The number of rotatable bonds is 7. The molecule has 4 unspecified atom stereocenters. The summed E-state index contributed by atoms with van der Waals surface area (Å²) in [5.41, 5.74) is 0.923. The summed E-state index contributed by atoms with van der Waals surface area (Å²) in [6, 6.07) is 5.93. The van der Waals surface area contributed by atoms with E-state index in [1.807, 2.05) is 31.2 Å². The van der Waals surface area contributed by atoms with Crippen molar-refractivity contribution in [1.29, 1.82) is 0 Å². The maximum absolute atomic E-state index is 12.3. The number of hydrogen-bond donors (Lipinski definition) is 1. The number of carbonyl (C=O) groups excluding carboxylic acids is 1. The van der Waals surface area contributed by atoms with Crippen LogP contribution in [0, 0.1) is 17.8 Å². The molecule has 2 fully saturated rings. The van der Waals surface area contributed by atoms with Gasteiger partial charge < -0.3 is 14.8 Å². The van der Waals surface area contributed by atoms with Gasteiger partial charge in [0.1, 0.15) is 0 Å². The Morgan fingerprint density at radius 1 is 1.32 bits per heavy atom. The number of methoxy groups -OCH3 is 1. The van der Waals surface area contributed by atoms with Gasteiger partial charge in [-0.3, -0.25) is 4.79 Å². The number of hydrogen-bond acceptors (Lipinski definition) is 3. The Bertz CT molecular complexity index is 640. The molecule has 2 bridgehead atoms. The van der Waals surface area contributed by atoms with Crippen LogP contribution in [0.25, 0.3) is 6.08 Å². The molecule has 3 rings (SSSR count). The quantitative estimate of drug-likeness (QED) is 0.760. The number of nitrogens with one attached hydrogen (secondary N) is 1. The molecule has 2 aliphatic carbocycles. The predicted molar refractivity (Wildman–Crippen MR) is 99.7 cm³/mol. The molecule has 0 radical (unpaired) electrons. The summed E-state index contributed by atoms with van der Waals surface area (Å²) in [7, 11) is 1.62. The third-order valence-corrected chi connectivity index (χ3v) is 5.72. The molecule has 0 aromatic heterocycles. The molecular formula is C21H29NO3. The second kappa shape index (κ2) is 7.94. The Kier molecular flexibility index (Phi) is 5.67. The van der Waals surface area contributed by atoms with Gasteiger partial charge in [0.15, 0.2) is 11.5 Å². The minimum Gasteiger partial charge on any atom is -0.493 e. The van der Waals surface area contributed by atoms with Crippen LogP contribution in [0.3, 0.4) is 0 Å². The molecule has 0 aliphatic heterocycles. The van der Waals surface area contributed by atoms with Gasteiger partial charge in [-0.25, -0.2) is 0 Å². The first-order valence-electron chi connectivity index (χ1n) is 9.40. The molecule has 1 aromatic carbocycles. The molecule has 25 heavy (non-hydrogen) atoms. The van der Waals surface area contributed by atoms with Crippen molar-refractivity contribution in [2.24, 2.45) is 17.8 Å². The van der Waals surface area contributed by atoms with E-state index in [2.05, 4.69) is 12.2 Å². The monoisotopic (exact) mass is 343 g/mol. The summed E-state index contributed by atoms with van der Waals surface area (Å²) in [6.45, 7) is 4.66. The SMILES string of the molecule is CCOc1cc(/C=C/C(=O)NC(C)C2CC3CCC2C3)ccc1OC. The van der Waals surface area contributed by atoms with Gasteiger partial charge in [-0.05, 0) is 74.6 Å². The van der Waals surface area contributed by atoms with E-state index in [4.69, 9.17) is 9.47 Å². The molecule has 0 heterocycles. The number of fused-ring (bicyclic) bond motifs is 2. The van der Waals surface area contributed by atoms with Crippen molar-refractivity contribution in [2.75, 3.05) is 13.7 Å². The second-order valence-corrected chi connectivity index (χ2v) is 7.31. The highest BCUT2D eigenvalue weighted by Crippen LogP contribution is 2.49. The van der Waals surface area contributed by atoms with Crippen LogP contribution < -0.4 is 14.8 Å². The fourth-order valence-electron chi connectivity index (χ4n) is 4.52. The predicted octanol–water partition coefficient (Wildman–Crippen LogP) is 4.05. The average Bonchev–Trinajstić information content (AvgIpc) is 3.24. The van der Waals surface area contributed by atoms with E-state index in [1.54, 1.807) is 13.2 Å². The number of benzene rings is 1. The molecule has 4 atom stereocenters. The standard InChI is InChI=1S/C21H29NO3/c1-4-25-20-13-15(6-9-19(20)24-3)7-10-21(23)22-14(2)18-12-16-5-8-17(18)11-16/h6-7,9-10,13-14,16-18H,4-5,8,11-12H2,1-3H3,(H,22,23)/b10-7+. The maximum Gasteiger partial charge on any atom is 0.244 e. The van der Waals surface area contributed by atoms with E-state index < -0.39 is 0 Å². The van der Waals surface area contributed by atoms with E-state index in [-0.39, 0.29) is 11.9 Å². The Morgan fingerprint density at radius 3 is 2.80 bits per heavy atom. The van der Waals surface area contributed by atoms with E-state index in [0.29, 0.717) is 24.0 Å². The van der Waals surface area contributed by atoms with Crippen molar-refractivity contribution in [2.45, 2.75) is 45.6 Å². The minimum absolute atomic E-state index is 0.0240. The van der Waals surface area contributed by atoms with Crippen LogP contribution >= 0.6 is 0 Å². The van der Waals surface area contributed by atoms with Gasteiger partial charge in [-0.2, -0.15) is 0 Å². The molecule has 2 aliphatic rings. The van der Waals surface area contributed by atoms with E-state index in [1.165, 1.54) is 25.7 Å². The highest BCUT2D eigenvalue weighted by Gasteiger charge is 2.41. The topological polar surface area (TPSA) is 47.6 Å². The molecule has 1 N–H and O–H groups in total. The Morgan fingerprint density at radius 2 is 2.16 bits per heavy atom. The largest absolute Gasteiger partial charge is 0.493 e. The summed E-state index contributed by atoms with van der Waals surface area (Å²) in [4.78, 5) is 12.3. The molecule has 2 saturated carbocycles. The molecule has 1 amide bonds. The molecule has 0 spiro atoms. The summed E-state index contributed by atoms with van der Waals surface area (Å²) in [6.07, 6.45) is 8.82. The fraction of sp³-hybridized carbons (Fsp3) is 0.571. The van der Waals surface area contributed by atoms with Crippen molar-refractivity contribution in [3.63, 3.8) is 0 Å². The van der Waals surface area contributed by atoms with E-state index in [0.717, 1.165) is 17.4 Å². The van der Waals surface area contributed by atoms with Crippen LogP contribution in [-0.2, 0) is 4.79 Å². The van der Waals surface area contributed by atoms with E-state index in [9.17, 15) is 4.79 Å². The van der Waals surface area contributed by atoms with Crippen LogP contribution in [0.5, 0.6) is 11.5 Å². The first-order chi connectivity index (χ1) is 12.1. The van der Waals surface area contributed by atoms with Gasteiger partial charge in [0.25, 0.3) is 0 Å². The third-order valence-electron chi connectivity index (χ3n) is 5.72. The van der Waals surface area contributed by atoms with Crippen molar-refractivity contribution in [3.05, 3.63) is 29.8 Å². The van der Waals surface area contributed by atoms with Crippen LogP contribution in [0.2, 0.25) is 0 Å². The molecule has 4 heteroatoms. The Hall–Kier alpha value is -1.97. The molecule has 136 valence electrons. The minimum atomic E-state index is -0.0240. The van der Waals surface area contributed by atoms with Crippen molar-refractivity contribution < 1.29 is 14.3 Å². The first-order valence-corrected chi connectivity index (χ1v) is 9.40. The fourth-order valence-corrected chi connectivity index (χ4v) is 4.52. The Balaban J connectivity index is 1.57. The summed E-state index contributed by atoms with van der Waals surface area (Å²) in [5.74, 6) is 3.75. The van der Waals surface area contributed by atoms with Gasteiger partial charge in [0.05, 0.1) is 13.7 Å². The maximum atomic E-state index is 12.3. The average molecular weight is 343 g/mol. The zero-order valence-corrected chi connectivity index (χ0v) is 15.5. The van der Waals surface area contributed by atoms with Gasteiger partial charge in [0.2, 0.25) is 5.91 Å². The number of amides is 1. The lowest BCUT2D eigenvalue weighted by molar-refractivity contribution is -0.117. The zero-order valence-electron chi connectivity index (χ0n) is 15.5. The molecule has 0 saturated heterocycles. The van der Waals surface area contributed by atoms with Crippen LogP contribution in [0.4, 0.5) is 0 Å². The number of carbonyl (C=O) groups is 1. The van der Waals surface area contributed by atoms with Crippen molar-refractivity contribution in [3.8, 4) is 11.5 Å². The summed E-state index contributed by atoms with van der Waals surface area (Å²) in [5, 5.41) is 3.16. The van der Waals surface area contributed by atoms with Crippen LogP contribution in [0.1, 0.15) is 45.1 Å².